The Kier molecular flexibility index (Phi) is 7.14. The Morgan fingerprint density at radius 3 is 2.76 bits per heavy atom. The van der Waals surface area contributed by atoms with E-state index in [9.17, 15) is 13.2 Å². The third-order valence-corrected chi connectivity index (χ3v) is 6.92. The summed E-state index contributed by atoms with van der Waals surface area (Å²) in [5, 5.41) is 4.04. The van der Waals surface area contributed by atoms with Crippen molar-refractivity contribution in [1.82, 2.24) is 9.62 Å². The van der Waals surface area contributed by atoms with Gasteiger partial charge in [-0.25, -0.2) is 8.42 Å². The first-order valence-corrected chi connectivity index (χ1v) is 10.8. The summed E-state index contributed by atoms with van der Waals surface area (Å²) in [6, 6.07) is 4.49. The molecular formula is C17H24Cl2N2O3S. The van der Waals surface area contributed by atoms with E-state index < -0.39 is 16.1 Å². The molecule has 140 valence electrons. The smallest absolute Gasteiger partial charge is 0.238 e. The van der Waals surface area contributed by atoms with Gasteiger partial charge in [-0.2, -0.15) is 4.31 Å². The SMILES string of the molecule is CCCS(=O)(=O)N1CCCC1C(=O)NC(C)Cc1ccc(Cl)cc1Cl. The summed E-state index contributed by atoms with van der Waals surface area (Å²) in [7, 11) is -3.37. The number of nitrogens with zero attached hydrogens (tertiary/aromatic N) is 1. The zero-order valence-electron chi connectivity index (χ0n) is 14.5. The Labute approximate surface area is 159 Å². The quantitative estimate of drug-likeness (QED) is 0.755. The summed E-state index contributed by atoms with van der Waals surface area (Å²) in [6.45, 7) is 4.11. The maximum atomic E-state index is 12.6. The van der Waals surface area contributed by atoms with Crippen molar-refractivity contribution in [3.8, 4) is 0 Å². The number of amides is 1. The van der Waals surface area contributed by atoms with Crippen molar-refractivity contribution in [2.45, 2.75) is 51.6 Å². The number of rotatable bonds is 7. The summed E-state index contributed by atoms with van der Waals surface area (Å²) in [5.74, 6) is -0.165. The van der Waals surface area contributed by atoms with Crippen LogP contribution in [0.25, 0.3) is 0 Å². The highest BCUT2D eigenvalue weighted by Crippen LogP contribution is 2.24. The van der Waals surface area contributed by atoms with Gasteiger partial charge in [-0.1, -0.05) is 36.2 Å². The number of carbonyl (C=O) groups is 1. The topological polar surface area (TPSA) is 66.5 Å². The van der Waals surface area contributed by atoms with Gasteiger partial charge in [0.2, 0.25) is 15.9 Å². The van der Waals surface area contributed by atoms with E-state index in [1.165, 1.54) is 4.31 Å². The van der Waals surface area contributed by atoms with E-state index in [0.29, 0.717) is 42.3 Å². The second-order valence-electron chi connectivity index (χ2n) is 6.43. The van der Waals surface area contributed by atoms with Crippen molar-refractivity contribution in [3.05, 3.63) is 33.8 Å². The zero-order valence-corrected chi connectivity index (χ0v) is 16.8. The number of hydrogen-bond donors (Lipinski definition) is 1. The largest absolute Gasteiger partial charge is 0.352 e. The van der Waals surface area contributed by atoms with E-state index in [2.05, 4.69) is 5.32 Å². The first-order valence-electron chi connectivity index (χ1n) is 8.48. The van der Waals surface area contributed by atoms with Crippen LogP contribution in [0.3, 0.4) is 0 Å². The van der Waals surface area contributed by atoms with Crippen LogP contribution in [-0.4, -0.2) is 43.0 Å². The van der Waals surface area contributed by atoms with Crippen molar-refractivity contribution >= 4 is 39.1 Å². The molecule has 2 unspecified atom stereocenters. The van der Waals surface area contributed by atoms with Crippen molar-refractivity contribution in [3.63, 3.8) is 0 Å². The molecule has 0 bridgehead atoms. The molecule has 8 heteroatoms. The van der Waals surface area contributed by atoms with Gasteiger partial charge in [0.25, 0.3) is 0 Å². The normalized spacial score (nSPS) is 19.8. The molecule has 2 rings (SSSR count). The van der Waals surface area contributed by atoms with Gasteiger partial charge in [-0.3, -0.25) is 4.79 Å². The number of hydrogen-bond acceptors (Lipinski definition) is 3. The summed E-state index contributed by atoms with van der Waals surface area (Å²) in [6.07, 6.45) is 2.36. The summed E-state index contributed by atoms with van der Waals surface area (Å²) in [4.78, 5) is 12.6. The fourth-order valence-electron chi connectivity index (χ4n) is 3.12. The van der Waals surface area contributed by atoms with E-state index in [4.69, 9.17) is 23.2 Å². The van der Waals surface area contributed by atoms with Gasteiger partial charge in [0.05, 0.1) is 5.75 Å². The molecule has 1 N–H and O–H groups in total. The number of halogens is 2. The van der Waals surface area contributed by atoms with Crippen LogP contribution in [0.2, 0.25) is 10.0 Å². The molecule has 0 spiro atoms. The molecular weight excluding hydrogens is 383 g/mol. The zero-order chi connectivity index (χ0) is 18.6. The second-order valence-corrected chi connectivity index (χ2v) is 9.32. The lowest BCUT2D eigenvalue weighted by atomic mass is 10.1. The van der Waals surface area contributed by atoms with Crippen LogP contribution >= 0.6 is 23.2 Å². The minimum Gasteiger partial charge on any atom is -0.352 e. The molecule has 1 aliphatic rings. The molecule has 1 aliphatic heterocycles. The Balaban J connectivity index is 2.00. The van der Waals surface area contributed by atoms with Crippen molar-refractivity contribution in [2.75, 3.05) is 12.3 Å². The Morgan fingerprint density at radius 1 is 1.40 bits per heavy atom. The monoisotopic (exact) mass is 406 g/mol. The van der Waals surface area contributed by atoms with E-state index in [0.717, 1.165) is 5.56 Å². The van der Waals surface area contributed by atoms with Gasteiger partial charge in [-0.15, -0.1) is 0 Å². The van der Waals surface area contributed by atoms with E-state index in [-0.39, 0.29) is 17.7 Å². The van der Waals surface area contributed by atoms with Crippen LogP contribution in [0.15, 0.2) is 18.2 Å². The molecule has 25 heavy (non-hydrogen) atoms. The van der Waals surface area contributed by atoms with Gasteiger partial charge < -0.3 is 5.32 Å². The van der Waals surface area contributed by atoms with Crippen LogP contribution < -0.4 is 5.32 Å². The molecule has 0 radical (unpaired) electrons. The molecule has 0 aliphatic carbocycles. The van der Waals surface area contributed by atoms with E-state index >= 15 is 0 Å². The Morgan fingerprint density at radius 2 is 2.12 bits per heavy atom. The first kappa shape index (κ1) is 20.5. The highest BCUT2D eigenvalue weighted by molar-refractivity contribution is 7.89. The predicted molar refractivity (Wildman–Crippen MR) is 102 cm³/mol. The van der Waals surface area contributed by atoms with Crippen LogP contribution in [0, 0.1) is 0 Å². The Bertz CT molecular complexity index is 725. The van der Waals surface area contributed by atoms with Crippen LogP contribution in [0.4, 0.5) is 0 Å². The number of benzene rings is 1. The van der Waals surface area contributed by atoms with Crippen molar-refractivity contribution in [2.24, 2.45) is 0 Å². The molecule has 0 saturated carbocycles. The third-order valence-electron chi connectivity index (χ3n) is 4.26. The summed E-state index contributed by atoms with van der Waals surface area (Å²) in [5.41, 5.74) is 0.890. The Hall–Kier alpha value is -0.820. The highest BCUT2D eigenvalue weighted by atomic mass is 35.5. The standard InChI is InChI=1S/C17H24Cl2N2O3S/c1-3-9-25(23,24)21-8-4-5-16(21)17(22)20-12(2)10-13-6-7-14(18)11-15(13)19/h6-7,11-12,16H,3-5,8-10H2,1-2H3,(H,20,22). The predicted octanol–water partition coefficient (Wildman–Crippen LogP) is 3.24. The molecule has 1 heterocycles. The molecule has 0 aromatic heterocycles. The molecule has 1 fully saturated rings. The van der Waals surface area contributed by atoms with Gasteiger partial charge in [0.15, 0.2) is 0 Å². The lowest BCUT2D eigenvalue weighted by molar-refractivity contribution is -0.124. The molecule has 1 saturated heterocycles. The van der Waals surface area contributed by atoms with Crippen molar-refractivity contribution < 1.29 is 13.2 Å². The van der Waals surface area contributed by atoms with Gasteiger partial charge in [0.1, 0.15) is 6.04 Å². The lowest BCUT2D eigenvalue weighted by Crippen LogP contribution is -2.49. The van der Waals surface area contributed by atoms with E-state index in [1.54, 1.807) is 12.1 Å². The molecule has 1 aromatic carbocycles. The lowest BCUT2D eigenvalue weighted by Gasteiger charge is -2.25. The maximum absolute atomic E-state index is 12.6. The summed E-state index contributed by atoms with van der Waals surface area (Å²) >= 11 is 12.1. The van der Waals surface area contributed by atoms with Crippen LogP contribution in [0.5, 0.6) is 0 Å². The number of nitrogens with one attached hydrogen (secondary N) is 1. The van der Waals surface area contributed by atoms with Gasteiger partial charge in [-0.05, 0) is 50.3 Å². The molecule has 5 nitrogen and oxygen atoms in total. The average molecular weight is 407 g/mol. The maximum Gasteiger partial charge on any atom is 0.238 e. The highest BCUT2D eigenvalue weighted by Gasteiger charge is 2.38. The van der Waals surface area contributed by atoms with Crippen LogP contribution in [0.1, 0.15) is 38.7 Å². The number of sulfonamides is 1. The first-order chi connectivity index (χ1) is 11.7. The second kappa shape index (κ2) is 8.71. The van der Waals surface area contributed by atoms with Gasteiger partial charge >= 0.3 is 0 Å². The third kappa shape index (κ3) is 5.33. The molecule has 1 aromatic rings. The molecule has 2 atom stereocenters. The average Bonchev–Trinajstić information content (AvgIpc) is 3.00. The van der Waals surface area contributed by atoms with E-state index in [1.807, 2.05) is 19.9 Å². The fourth-order valence-corrected chi connectivity index (χ4v) is 5.35. The summed E-state index contributed by atoms with van der Waals surface area (Å²) < 4.78 is 26.0. The van der Waals surface area contributed by atoms with Crippen LogP contribution in [-0.2, 0) is 21.2 Å². The van der Waals surface area contributed by atoms with Gasteiger partial charge in [0, 0.05) is 22.6 Å². The minimum atomic E-state index is -3.37. The molecule has 1 amide bonds. The van der Waals surface area contributed by atoms with Crippen molar-refractivity contribution in [1.29, 1.82) is 0 Å². The minimum absolute atomic E-state index is 0.0761. The number of carbonyl (C=O) groups excluding carboxylic acids is 1. The fraction of sp³-hybridized carbons (Fsp3) is 0.588.